The van der Waals surface area contributed by atoms with Crippen molar-refractivity contribution in [2.45, 2.75) is 12.3 Å². The van der Waals surface area contributed by atoms with E-state index in [1.807, 2.05) is 48.7 Å². The quantitative estimate of drug-likeness (QED) is 0.178. The van der Waals surface area contributed by atoms with E-state index in [0.717, 1.165) is 67.5 Å². The zero-order valence-electron chi connectivity index (χ0n) is 27.1. The molecule has 3 heteroatoms. The van der Waals surface area contributed by atoms with Crippen LogP contribution in [0.1, 0.15) is 45.9 Å². The fraction of sp³-hybridized carbons (Fsp3) is 0.0435. The van der Waals surface area contributed by atoms with Crippen molar-refractivity contribution in [3.8, 4) is 33.9 Å². The second kappa shape index (κ2) is 11.4. The molecule has 1 aromatic heterocycles. The molecule has 3 nitrogen and oxygen atoms in total. The number of pyridine rings is 1. The van der Waals surface area contributed by atoms with Crippen LogP contribution in [-0.4, -0.2) is 10.7 Å². The maximum atomic E-state index is 6.94. The summed E-state index contributed by atoms with van der Waals surface area (Å²) in [6.07, 6.45) is 1.85. The molecule has 0 N–H and O–H groups in total. The number of hydrogen-bond donors (Lipinski definition) is 0. The summed E-state index contributed by atoms with van der Waals surface area (Å²) in [6, 6.07) is 55.1. The molecule has 7 aromatic rings. The van der Waals surface area contributed by atoms with Crippen LogP contribution in [0.15, 0.2) is 175 Å². The number of ether oxygens (including phenoxy) is 1. The number of hydrogen-bond acceptors (Lipinski definition) is 3. The Morgan fingerprint density at radius 2 is 1.16 bits per heavy atom. The molecule has 0 bridgehead atoms. The van der Waals surface area contributed by atoms with Crippen LogP contribution in [0.25, 0.3) is 28.0 Å². The van der Waals surface area contributed by atoms with Crippen molar-refractivity contribution < 1.29 is 4.74 Å². The molecule has 0 radical (unpaired) electrons. The Balaban J connectivity index is 1.24. The largest absolute Gasteiger partial charge is 0.456 e. The molecule has 2 aliphatic rings. The standard InChI is InChI=1S/C46H32N2O/c1-30(32-16-4-3-5-17-32)33-18-8-12-27-42(33)48-31(2)34-22-15-29-47-44(34)37-21-14-26-41-45(37)49-43-28-13-11-25-40(43)46(41)38-23-9-6-19-35(38)36-20-7-10-24-39(36)46/h3-29H,1H2,2H3. The highest BCUT2D eigenvalue weighted by Crippen LogP contribution is 2.63. The maximum absolute atomic E-state index is 6.94. The molecule has 49 heavy (non-hydrogen) atoms. The van der Waals surface area contributed by atoms with E-state index in [4.69, 9.17) is 14.7 Å². The zero-order valence-corrected chi connectivity index (χ0v) is 27.1. The van der Waals surface area contributed by atoms with Gasteiger partial charge in [0.2, 0.25) is 0 Å². The van der Waals surface area contributed by atoms with Gasteiger partial charge in [0.1, 0.15) is 11.5 Å². The second-order valence-electron chi connectivity index (χ2n) is 12.6. The summed E-state index contributed by atoms with van der Waals surface area (Å²) in [6.45, 7) is 6.49. The second-order valence-corrected chi connectivity index (χ2v) is 12.6. The van der Waals surface area contributed by atoms with Crippen molar-refractivity contribution in [3.05, 3.63) is 209 Å². The van der Waals surface area contributed by atoms with Gasteiger partial charge in [-0.05, 0) is 70.6 Å². The van der Waals surface area contributed by atoms with Crippen molar-refractivity contribution >= 4 is 17.0 Å². The predicted molar refractivity (Wildman–Crippen MR) is 200 cm³/mol. The number of para-hydroxylation sites is 3. The summed E-state index contributed by atoms with van der Waals surface area (Å²) < 4.78 is 6.94. The first-order valence-electron chi connectivity index (χ1n) is 16.6. The van der Waals surface area contributed by atoms with E-state index in [9.17, 15) is 0 Å². The first-order chi connectivity index (χ1) is 24.2. The maximum Gasteiger partial charge on any atom is 0.141 e. The third kappa shape index (κ3) is 4.36. The summed E-state index contributed by atoms with van der Waals surface area (Å²) in [5, 5.41) is 0. The molecule has 0 fully saturated rings. The van der Waals surface area contributed by atoms with Crippen LogP contribution in [0.5, 0.6) is 11.5 Å². The van der Waals surface area contributed by atoms with E-state index < -0.39 is 5.41 Å². The molecule has 1 aliphatic heterocycles. The van der Waals surface area contributed by atoms with E-state index in [0.29, 0.717) is 0 Å². The monoisotopic (exact) mass is 628 g/mol. The van der Waals surface area contributed by atoms with Gasteiger partial charge in [0.15, 0.2) is 0 Å². The molecule has 232 valence electrons. The SMILES string of the molecule is C=C(c1ccccc1)c1ccccc1N=C(C)c1cccnc1-c1cccc2c1Oc1ccccc1C21c2ccccc2-c2ccccc21. The van der Waals surface area contributed by atoms with Gasteiger partial charge in [0.25, 0.3) is 0 Å². The van der Waals surface area contributed by atoms with E-state index in [2.05, 4.69) is 129 Å². The van der Waals surface area contributed by atoms with Crippen molar-refractivity contribution in [1.82, 2.24) is 4.98 Å². The smallest absolute Gasteiger partial charge is 0.141 e. The normalized spacial score (nSPS) is 13.5. The highest BCUT2D eigenvalue weighted by molar-refractivity contribution is 6.06. The van der Waals surface area contributed by atoms with Gasteiger partial charge in [-0.25, -0.2) is 0 Å². The number of rotatable bonds is 5. The van der Waals surface area contributed by atoms with Crippen molar-refractivity contribution in [1.29, 1.82) is 0 Å². The highest BCUT2D eigenvalue weighted by Gasteiger charge is 2.51. The molecule has 0 atom stereocenters. The summed E-state index contributed by atoms with van der Waals surface area (Å²) in [5.41, 5.74) is 14.2. The van der Waals surface area contributed by atoms with E-state index >= 15 is 0 Å². The Bertz CT molecular complexity index is 2410. The molecule has 0 unspecified atom stereocenters. The lowest BCUT2D eigenvalue weighted by Gasteiger charge is -2.40. The third-order valence-corrected chi connectivity index (χ3v) is 9.97. The lowest BCUT2D eigenvalue weighted by molar-refractivity contribution is 0.438. The number of aliphatic imine (C=N–C) groups is 1. The lowest BCUT2D eigenvalue weighted by Crippen LogP contribution is -2.32. The Morgan fingerprint density at radius 3 is 1.94 bits per heavy atom. The van der Waals surface area contributed by atoms with Crippen LogP contribution in [-0.2, 0) is 5.41 Å². The Kier molecular flexibility index (Phi) is 6.73. The highest BCUT2D eigenvalue weighted by atomic mass is 16.5. The fourth-order valence-corrected chi connectivity index (χ4v) is 7.84. The van der Waals surface area contributed by atoms with Gasteiger partial charge >= 0.3 is 0 Å². The number of benzene rings is 6. The summed E-state index contributed by atoms with van der Waals surface area (Å²) in [4.78, 5) is 10.2. The topological polar surface area (TPSA) is 34.5 Å². The molecule has 0 saturated heterocycles. The third-order valence-electron chi connectivity index (χ3n) is 9.97. The van der Waals surface area contributed by atoms with E-state index in [-0.39, 0.29) is 0 Å². The average Bonchev–Trinajstić information content (AvgIpc) is 3.46. The molecule has 0 amide bonds. The molecule has 6 aromatic carbocycles. The van der Waals surface area contributed by atoms with Crippen LogP contribution in [0, 0.1) is 0 Å². The van der Waals surface area contributed by atoms with E-state index in [1.54, 1.807) is 0 Å². The van der Waals surface area contributed by atoms with Crippen molar-refractivity contribution in [2.24, 2.45) is 4.99 Å². The van der Waals surface area contributed by atoms with Gasteiger partial charge in [-0.1, -0.05) is 134 Å². The molecule has 2 heterocycles. The van der Waals surface area contributed by atoms with Crippen LogP contribution in [0.4, 0.5) is 5.69 Å². The first kappa shape index (κ1) is 28.9. The predicted octanol–water partition coefficient (Wildman–Crippen LogP) is 11.4. The van der Waals surface area contributed by atoms with Crippen molar-refractivity contribution in [2.75, 3.05) is 0 Å². The number of nitrogens with zero attached hydrogens (tertiary/aromatic N) is 2. The Hall–Kier alpha value is -6.32. The van der Waals surface area contributed by atoms with Crippen LogP contribution >= 0.6 is 0 Å². The van der Waals surface area contributed by atoms with Gasteiger partial charge in [0.05, 0.1) is 16.8 Å². The van der Waals surface area contributed by atoms with E-state index in [1.165, 1.54) is 22.3 Å². The minimum Gasteiger partial charge on any atom is -0.456 e. The summed E-state index contributed by atoms with van der Waals surface area (Å²) in [5.74, 6) is 1.67. The zero-order chi connectivity index (χ0) is 33.0. The van der Waals surface area contributed by atoms with Crippen LogP contribution in [0.2, 0.25) is 0 Å². The molecule has 0 saturated carbocycles. The van der Waals surface area contributed by atoms with Gasteiger partial charge in [-0.2, -0.15) is 0 Å². The molecular formula is C46H32N2O. The molecule has 9 rings (SSSR count). The first-order valence-corrected chi connectivity index (χ1v) is 16.6. The summed E-state index contributed by atoms with van der Waals surface area (Å²) >= 11 is 0. The minimum absolute atomic E-state index is 0.539. The molecular weight excluding hydrogens is 597 g/mol. The number of aromatic nitrogens is 1. The fourth-order valence-electron chi connectivity index (χ4n) is 7.84. The average molecular weight is 629 g/mol. The van der Waals surface area contributed by atoms with Gasteiger partial charge < -0.3 is 4.74 Å². The van der Waals surface area contributed by atoms with Crippen LogP contribution in [0.3, 0.4) is 0 Å². The molecule has 1 aliphatic carbocycles. The summed E-state index contributed by atoms with van der Waals surface area (Å²) in [7, 11) is 0. The Labute approximate surface area is 286 Å². The number of fused-ring (bicyclic) bond motifs is 9. The van der Waals surface area contributed by atoms with Gasteiger partial charge in [-0.15, -0.1) is 0 Å². The minimum atomic E-state index is -0.539. The van der Waals surface area contributed by atoms with Crippen LogP contribution < -0.4 is 4.74 Å². The van der Waals surface area contributed by atoms with Crippen molar-refractivity contribution in [3.63, 3.8) is 0 Å². The van der Waals surface area contributed by atoms with Gasteiger partial charge in [-0.3, -0.25) is 9.98 Å². The Morgan fingerprint density at radius 1 is 0.571 bits per heavy atom. The lowest BCUT2D eigenvalue weighted by atomic mass is 9.65. The van der Waals surface area contributed by atoms with Gasteiger partial charge in [0, 0.05) is 39.7 Å². The molecule has 1 spiro atoms.